The lowest BCUT2D eigenvalue weighted by Gasteiger charge is -2.18. The number of carbonyl (C=O) groups excluding carboxylic acids is 2. The summed E-state index contributed by atoms with van der Waals surface area (Å²) in [7, 11) is 1.92. The van der Waals surface area contributed by atoms with Gasteiger partial charge >= 0.3 is 0 Å². The van der Waals surface area contributed by atoms with E-state index in [1.54, 1.807) is 18.2 Å². The molecular formula is C29H37ClN4O4. The molecule has 3 aromatic rings. The molecular weight excluding hydrogens is 504 g/mol. The number of hydrogen-bond acceptors (Lipinski definition) is 5. The van der Waals surface area contributed by atoms with Gasteiger partial charge in [0.2, 0.25) is 5.91 Å². The Labute approximate surface area is 229 Å². The number of aromatic nitrogens is 2. The van der Waals surface area contributed by atoms with Gasteiger partial charge in [-0.15, -0.1) is 0 Å². The van der Waals surface area contributed by atoms with Crippen LogP contribution in [0.15, 0.2) is 48.7 Å². The molecule has 9 heteroatoms. The van der Waals surface area contributed by atoms with Gasteiger partial charge in [0.15, 0.2) is 0 Å². The highest BCUT2D eigenvalue weighted by molar-refractivity contribution is 6.32. The van der Waals surface area contributed by atoms with E-state index in [0.29, 0.717) is 35.8 Å². The SMILES string of the molecule is CCCOc1ccc(C(=O)N[C@H](CCO)Cc2ccc(-c3cn(C)c([C@@H](CC)NC(C)=O)n3)cc2)cc1Cl. The van der Waals surface area contributed by atoms with E-state index in [9.17, 15) is 14.7 Å². The van der Waals surface area contributed by atoms with Crippen LogP contribution in [0, 0.1) is 0 Å². The summed E-state index contributed by atoms with van der Waals surface area (Å²) in [6, 6.07) is 12.6. The molecule has 0 radical (unpaired) electrons. The van der Waals surface area contributed by atoms with E-state index in [-0.39, 0.29) is 30.5 Å². The van der Waals surface area contributed by atoms with Gasteiger partial charge in [-0.1, -0.05) is 49.7 Å². The first kappa shape index (κ1) is 29.2. The van der Waals surface area contributed by atoms with Gasteiger partial charge < -0.3 is 25.0 Å². The third-order valence-electron chi connectivity index (χ3n) is 6.21. The van der Waals surface area contributed by atoms with Crippen molar-refractivity contribution >= 4 is 23.4 Å². The van der Waals surface area contributed by atoms with Gasteiger partial charge in [-0.05, 0) is 49.4 Å². The van der Waals surface area contributed by atoms with Gasteiger partial charge in [0.25, 0.3) is 5.91 Å². The molecule has 0 bridgehead atoms. The zero-order valence-electron chi connectivity index (χ0n) is 22.5. The van der Waals surface area contributed by atoms with Crippen molar-refractivity contribution in [3.63, 3.8) is 0 Å². The van der Waals surface area contributed by atoms with E-state index < -0.39 is 0 Å². The number of aryl methyl sites for hydroxylation is 1. The molecule has 8 nitrogen and oxygen atoms in total. The van der Waals surface area contributed by atoms with Crippen LogP contribution in [0.25, 0.3) is 11.3 Å². The number of ether oxygens (including phenoxy) is 1. The van der Waals surface area contributed by atoms with Crippen molar-refractivity contribution in [1.29, 1.82) is 0 Å². The molecule has 3 rings (SSSR count). The highest BCUT2D eigenvalue weighted by atomic mass is 35.5. The number of aliphatic hydroxyl groups excluding tert-OH is 1. The number of nitrogens with one attached hydrogen (secondary N) is 2. The summed E-state index contributed by atoms with van der Waals surface area (Å²) in [5, 5.41) is 15.9. The van der Waals surface area contributed by atoms with Crippen molar-refractivity contribution in [2.75, 3.05) is 13.2 Å². The van der Waals surface area contributed by atoms with E-state index in [2.05, 4.69) is 10.6 Å². The van der Waals surface area contributed by atoms with Crippen LogP contribution >= 0.6 is 11.6 Å². The minimum absolute atomic E-state index is 0.0445. The summed E-state index contributed by atoms with van der Waals surface area (Å²) in [4.78, 5) is 29.2. The van der Waals surface area contributed by atoms with Gasteiger partial charge in [-0.2, -0.15) is 0 Å². The molecule has 0 aliphatic rings. The van der Waals surface area contributed by atoms with Crippen LogP contribution in [0.5, 0.6) is 5.75 Å². The van der Waals surface area contributed by atoms with Crippen LogP contribution in [0.3, 0.4) is 0 Å². The molecule has 2 atom stereocenters. The first-order valence-corrected chi connectivity index (χ1v) is 13.4. The molecule has 0 saturated carbocycles. The number of nitrogens with zero attached hydrogens (tertiary/aromatic N) is 2. The molecule has 1 heterocycles. The Balaban J connectivity index is 1.68. The summed E-state index contributed by atoms with van der Waals surface area (Å²) in [6.07, 6.45) is 4.54. The third kappa shape index (κ3) is 7.82. The zero-order valence-corrected chi connectivity index (χ0v) is 23.2. The molecule has 38 heavy (non-hydrogen) atoms. The molecule has 0 fully saturated rings. The fourth-order valence-corrected chi connectivity index (χ4v) is 4.49. The third-order valence-corrected chi connectivity index (χ3v) is 6.51. The first-order valence-electron chi connectivity index (χ1n) is 13.0. The van der Waals surface area contributed by atoms with Crippen LogP contribution in [0.2, 0.25) is 5.02 Å². The minimum atomic E-state index is -0.255. The maximum Gasteiger partial charge on any atom is 0.251 e. The number of rotatable bonds is 13. The van der Waals surface area contributed by atoms with Crippen LogP contribution in [-0.4, -0.2) is 45.7 Å². The average Bonchev–Trinajstić information content (AvgIpc) is 3.28. The number of imidazole rings is 1. The molecule has 0 aliphatic carbocycles. The van der Waals surface area contributed by atoms with Gasteiger partial charge in [-0.3, -0.25) is 9.59 Å². The van der Waals surface area contributed by atoms with E-state index in [1.807, 2.05) is 55.9 Å². The van der Waals surface area contributed by atoms with Crippen LogP contribution in [0.1, 0.15) is 67.8 Å². The molecule has 1 aromatic heterocycles. The summed E-state index contributed by atoms with van der Waals surface area (Å²) in [5.74, 6) is 1.01. The Morgan fingerprint density at radius 2 is 1.87 bits per heavy atom. The standard InChI is InChI=1S/C29H37ClN4O4/c1-5-15-38-27-12-11-22(17-24(27)30)29(37)32-23(13-14-35)16-20-7-9-21(10-8-20)26-18-34(4)28(33-26)25(6-2)31-19(3)36/h7-12,17-18,23,25,35H,5-6,13-16H2,1-4H3,(H,31,36)(H,32,37)/t23-,25-/m1/s1. The Kier molecular flexibility index (Phi) is 10.7. The van der Waals surface area contributed by atoms with E-state index in [0.717, 1.165) is 35.5 Å². The zero-order chi connectivity index (χ0) is 27.7. The van der Waals surface area contributed by atoms with Crippen molar-refractivity contribution in [2.45, 2.75) is 58.5 Å². The molecule has 0 saturated heterocycles. The lowest BCUT2D eigenvalue weighted by Crippen LogP contribution is -2.37. The topological polar surface area (TPSA) is 105 Å². The Morgan fingerprint density at radius 3 is 2.47 bits per heavy atom. The van der Waals surface area contributed by atoms with E-state index in [4.69, 9.17) is 21.3 Å². The fourth-order valence-electron chi connectivity index (χ4n) is 4.26. The number of aliphatic hydroxyl groups is 1. The van der Waals surface area contributed by atoms with Crippen LogP contribution in [-0.2, 0) is 18.3 Å². The Bertz CT molecular complexity index is 1230. The number of carbonyl (C=O) groups is 2. The minimum Gasteiger partial charge on any atom is -0.492 e. The first-order chi connectivity index (χ1) is 18.2. The maximum atomic E-state index is 12.9. The van der Waals surface area contributed by atoms with Crippen molar-refractivity contribution in [2.24, 2.45) is 7.05 Å². The van der Waals surface area contributed by atoms with Crippen LogP contribution < -0.4 is 15.4 Å². The number of amides is 2. The quantitative estimate of drug-likeness (QED) is 0.288. The largest absolute Gasteiger partial charge is 0.492 e. The van der Waals surface area contributed by atoms with Crippen molar-refractivity contribution in [3.8, 4) is 17.0 Å². The normalized spacial score (nSPS) is 12.6. The average molecular weight is 541 g/mol. The Morgan fingerprint density at radius 1 is 1.13 bits per heavy atom. The highest BCUT2D eigenvalue weighted by Gasteiger charge is 2.19. The predicted octanol–water partition coefficient (Wildman–Crippen LogP) is 4.84. The van der Waals surface area contributed by atoms with Gasteiger partial charge in [-0.25, -0.2) is 4.98 Å². The lowest BCUT2D eigenvalue weighted by molar-refractivity contribution is -0.119. The van der Waals surface area contributed by atoms with E-state index >= 15 is 0 Å². The van der Waals surface area contributed by atoms with Crippen molar-refractivity contribution in [3.05, 3.63) is 70.6 Å². The van der Waals surface area contributed by atoms with Gasteiger partial charge in [0, 0.05) is 43.9 Å². The summed E-state index contributed by atoms with van der Waals surface area (Å²) >= 11 is 6.29. The van der Waals surface area contributed by atoms with E-state index in [1.165, 1.54) is 6.92 Å². The fraction of sp³-hybridized carbons (Fsp3) is 0.414. The summed E-state index contributed by atoms with van der Waals surface area (Å²) in [5.41, 5.74) is 3.24. The second-order valence-electron chi connectivity index (χ2n) is 9.33. The number of halogens is 1. The van der Waals surface area contributed by atoms with Gasteiger partial charge in [0.05, 0.1) is 23.4 Å². The second kappa shape index (κ2) is 14.0. The number of benzene rings is 2. The summed E-state index contributed by atoms with van der Waals surface area (Å²) < 4.78 is 7.52. The van der Waals surface area contributed by atoms with Crippen LogP contribution in [0.4, 0.5) is 0 Å². The monoisotopic (exact) mass is 540 g/mol. The van der Waals surface area contributed by atoms with Crippen molar-refractivity contribution in [1.82, 2.24) is 20.2 Å². The Hall–Kier alpha value is -3.36. The second-order valence-corrected chi connectivity index (χ2v) is 9.74. The smallest absolute Gasteiger partial charge is 0.251 e. The molecule has 2 amide bonds. The molecule has 3 N–H and O–H groups in total. The molecule has 0 spiro atoms. The lowest BCUT2D eigenvalue weighted by atomic mass is 10.0. The molecule has 204 valence electrons. The molecule has 2 aromatic carbocycles. The van der Waals surface area contributed by atoms with Crippen molar-refractivity contribution < 1.29 is 19.4 Å². The molecule has 0 aliphatic heterocycles. The van der Waals surface area contributed by atoms with Gasteiger partial charge in [0.1, 0.15) is 11.6 Å². The summed E-state index contributed by atoms with van der Waals surface area (Å²) in [6.45, 7) is 6.04. The number of hydrogen-bond donors (Lipinski definition) is 3. The highest BCUT2D eigenvalue weighted by Crippen LogP contribution is 2.26. The molecule has 0 unspecified atom stereocenters. The maximum absolute atomic E-state index is 12.9. The predicted molar refractivity (Wildman–Crippen MR) is 149 cm³/mol.